The lowest BCUT2D eigenvalue weighted by atomic mass is 10.2. The van der Waals surface area contributed by atoms with Crippen LogP contribution < -0.4 is 5.32 Å². The average Bonchev–Trinajstić information content (AvgIpc) is 3.28. The van der Waals surface area contributed by atoms with E-state index in [2.05, 4.69) is 16.4 Å². The number of hydrogen-bond donors (Lipinski definition) is 1. The van der Waals surface area contributed by atoms with E-state index >= 15 is 0 Å². The van der Waals surface area contributed by atoms with Crippen LogP contribution in [0.25, 0.3) is 0 Å². The van der Waals surface area contributed by atoms with Crippen LogP contribution in [-0.2, 0) is 11.3 Å². The molecule has 1 amide bonds. The molecule has 106 valence electrons. The summed E-state index contributed by atoms with van der Waals surface area (Å²) in [7, 11) is 0. The molecule has 0 spiro atoms. The molecule has 0 saturated heterocycles. The summed E-state index contributed by atoms with van der Waals surface area (Å²) in [6.07, 6.45) is 6.37. The van der Waals surface area contributed by atoms with Gasteiger partial charge < -0.3 is 10.2 Å². The van der Waals surface area contributed by atoms with Crippen molar-refractivity contribution < 1.29 is 4.79 Å². The number of amides is 1. The number of rotatable bonds is 8. The number of nitriles is 1. The topological polar surface area (TPSA) is 69.0 Å². The summed E-state index contributed by atoms with van der Waals surface area (Å²) in [5, 5.41) is 11.9. The van der Waals surface area contributed by atoms with Gasteiger partial charge >= 0.3 is 0 Å². The quantitative estimate of drug-likeness (QED) is 0.775. The molecular formula is C15H20N4O. The molecule has 0 bridgehead atoms. The SMILES string of the molecule is N#CCCN(Cc1cccnc1)C(=O)CNCC1CC1. The van der Waals surface area contributed by atoms with Crippen LogP contribution in [-0.4, -0.2) is 35.4 Å². The Balaban J connectivity index is 1.84. The zero-order chi connectivity index (χ0) is 14.2. The lowest BCUT2D eigenvalue weighted by Gasteiger charge is -2.22. The van der Waals surface area contributed by atoms with Crippen molar-refractivity contribution in [3.8, 4) is 6.07 Å². The first kappa shape index (κ1) is 14.5. The summed E-state index contributed by atoms with van der Waals surface area (Å²) in [4.78, 5) is 18.0. The number of carbonyl (C=O) groups is 1. The summed E-state index contributed by atoms with van der Waals surface area (Å²) >= 11 is 0. The lowest BCUT2D eigenvalue weighted by molar-refractivity contribution is -0.130. The molecule has 1 aromatic heterocycles. The molecule has 0 aromatic carbocycles. The molecule has 1 aromatic rings. The van der Waals surface area contributed by atoms with Gasteiger partial charge in [-0.1, -0.05) is 6.07 Å². The van der Waals surface area contributed by atoms with E-state index in [-0.39, 0.29) is 5.91 Å². The Morgan fingerprint density at radius 1 is 1.55 bits per heavy atom. The molecule has 1 aliphatic carbocycles. The molecule has 1 aliphatic rings. The molecule has 5 nitrogen and oxygen atoms in total. The molecule has 0 radical (unpaired) electrons. The van der Waals surface area contributed by atoms with E-state index in [1.54, 1.807) is 17.3 Å². The van der Waals surface area contributed by atoms with Crippen molar-refractivity contribution in [2.75, 3.05) is 19.6 Å². The Morgan fingerprint density at radius 3 is 3.05 bits per heavy atom. The predicted molar refractivity (Wildman–Crippen MR) is 75.5 cm³/mol. The second-order valence-corrected chi connectivity index (χ2v) is 5.16. The number of aromatic nitrogens is 1. The molecule has 1 fully saturated rings. The standard InChI is InChI=1S/C15H20N4O/c16-6-2-8-19(12-14-3-1-7-17-10-14)15(20)11-18-9-13-4-5-13/h1,3,7,10,13,18H,2,4-5,8-9,11-12H2. The molecule has 0 aliphatic heterocycles. The van der Waals surface area contributed by atoms with Crippen LogP contribution >= 0.6 is 0 Å². The molecular weight excluding hydrogens is 252 g/mol. The normalized spacial score (nSPS) is 13.8. The summed E-state index contributed by atoms with van der Waals surface area (Å²) in [6.45, 7) is 2.25. The van der Waals surface area contributed by atoms with Crippen molar-refractivity contribution in [2.24, 2.45) is 5.92 Å². The molecule has 20 heavy (non-hydrogen) atoms. The van der Waals surface area contributed by atoms with Crippen molar-refractivity contribution in [2.45, 2.75) is 25.8 Å². The smallest absolute Gasteiger partial charge is 0.236 e. The summed E-state index contributed by atoms with van der Waals surface area (Å²) < 4.78 is 0. The van der Waals surface area contributed by atoms with Gasteiger partial charge in [0.25, 0.3) is 0 Å². The van der Waals surface area contributed by atoms with Crippen molar-refractivity contribution in [3.63, 3.8) is 0 Å². The van der Waals surface area contributed by atoms with Gasteiger partial charge in [0.15, 0.2) is 0 Å². The van der Waals surface area contributed by atoms with Gasteiger partial charge in [-0.15, -0.1) is 0 Å². The van der Waals surface area contributed by atoms with E-state index in [0.29, 0.717) is 26.1 Å². The number of pyridine rings is 1. The van der Waals surface area contributed by atoms with Crippen LogP contribution in [0.4, 0.5) is 0 Å². The highest BCUT2D eigenvalue weighted by Crippen LogP contribution is 2.27. The van der Waals surface area contributed by atoms with Crippen molar-refractivity contribution in [3.05, 3.63) is 30.1 Å². The molecule has 1 N–H and O–H groups in total. The van der Waals surface area contributed by atoms with Crippen LogP contribution in [0.3, 0.4) is 0 Å². The van der Waals surface area contributed by atoms with Gasteiger partial charge in [0.05, 0.1) is 19.0 Å². The van der Waals surface area contributed by atoms with E-state index in [9.17, 15) is 4.79 Å². The van der Waals surface area contributed by atoms with E-state index in [0.717, 1.165) is 18.0 Å². The third kappa shape index (κ3) is 4.98. The fraction of sp³-hybridized carbons (Fsp3) is 0.533. The fourth-order valence-electron chi connectivity index (χ4n) is 2.01. The second-order valence-electron chi connectivity index (χ2n) is 5.16. The summed E-state index contributed by atoms with van der Waals surface area (Å²) in [5.74, 6) is 0.804. The molecule has 0 unspecified atom stereocenters. The Bertz CT molecular complexity index is 465. The highest BCUT2D eigenvalue weighted by molar-refractivity contribution is 5.78. The zero-order valence-electron chi connectivity index (χ0n) is 11.6. The number of nitrogens with zero attached hydrogens (tertiary/aromatic N) is 3. The largest absolute Gasteiger partial charge is 0.336 e. The van der Waals surface area contributed by atoms with Gasteiger partial charge in [0.1, 0.15) is 0 Å². The van der Waals surface area contributed by atoms with Crippen molar-refractivity contribution in [1.29, 1.82) is 5.26 Å². The highest BCUT2D eigenvalue weighted by Gasteiger charge is 2.21. The Morgan fingerprint density at radius 2 is 2.40 bits per heavy atom. The third-order valence-electron chi connectivity index (χ3n) is 3.35. The fourth-order valence-corrected chi connectivity index (χ4v) is 2.01. The first-order valence-corrected chi connectivity index (χ1v) is 7.04. The van der Waals surface area contributed by atoms with Crippen LogP contribution in [0.15, 0.2) is 24.5 Å². The number of hydrogen-bond acceptors (Lipinski definition) is 4. The molecule has 1 heterocycles. The lowest BCUT2D eigenvalue weighted by Crippen LogP contribution is -2.38. The van der Waals surface area contributed by atoms with Gasteiger partial charge in [0.2, 0.25) is 5.91 Å². The van der Waals surface area contributed by atoms with Gasteiger partial charge in [-0.3, -0.25) is 9.78 Å². The average molecular weight is 272 g/mol. The molecule has 2 rings (SSSR count). The van der Waals surface area contributed by atoms with Crippen LogP contribution in [0, 0.1) is 17.2 Å². The third-order valence-corrected chi connectivity index (χ3v) is 3.35. The van der Waals surface area contributed by atoms with E-state index in [4.69, 9.17) is 5.26 Å². The number of carbonyl (C=O) groups excluding carboxylic acids is 1. The maximum Gasteiger partial charge on any atom is 0.236 e. The highest BCUT2D eigenvalue weighted by atomic mass is 16.2. The monoisotopic (exact) mass is 272 g/mol. The van der Waals surface area contributed by atoms with Gasteiger partial charge in [-0.25, -0.2) is 0 Å². The maximum atomic E-state index is 12.2. The first-order valence-electron chi connectivity index (χ1n) is 7.04. The summed E-state index contributed by atoms with van der Waals surface area (Å²) in [6, 6.07) is 5.89. The zero-order valence-corrected chi connectivity index (χ0v) is 11.6. The molecule has 1 saturated carbocycles. The van der Waals surface area contributed by atoms with Crippen LogP contribution in [0.2, 0.25) is 0 Å². The van der Waals surface area contributed by atoms with Gasteiger partial charge in [-0.05, 0) is 36.9 Å². The van der Waals surface area contributed by atoms with E-state index in [1.165, 1.54) is 12.8 Å². The molecule has 5 heteroatoms. The predicted octanol–water partition coefficient (Wildman–Crippen LogP) is 1.32. The van der Waals surface area contributed by atoms with Gasteiger partial charge in [0, 0.05) is 25.5 Å². The first-order chi connectivity index (χ1) is 9.79. The minimum Gasteiger partial charge on any atom is -0.336 e. The number of nitrogens with one attached hydrogen (secondary N) is 1. The maximum absolute atomic E-state index is 12.2. The Hall–Kier alpha value is -1.93. The minimum absolute atomic E-state index is 0.0461. The Kier molecular flexibility index (Phi) is 5.51. The van der Waals surface area contributed by atoms with Crippen molar-refractivity contribution in [1.82, 2.24) is 15.2 Å². The second kappa shape index (κ2) is 7.61. The Labute approximate surface area is 119 Å². The van der Waals surface area contributed by atoms with E-state index < -0.39 is 0 Å². The van der Waals surface area contributed by atoms with Crippen LogP contribution in [0.1, 0.15) is 24.8 Å². The van der Waals surface area contributed by atoms with Gasteiger partial charge in [-0.2, -0.15) is 5.26 Å². The molecule has 0 atom stereocenters. The summed E-state index contributed by atoms with van der Waals surface area (Å²) in [5.41, 5.74) is 0.987. The van der Waals surface area contributed by atoms with E-state index in [1.807, 2.05) is 12.1 Å². The van der Waals surface area contributed by atoms with Crippen molar-refractivity contribution >= 4 is 5.91 Å². The van der Waals surface area contributed by atoms with Crippen LogP contribution in [0.5, 0.6) is 0 Å². The minimum atomic E-state index is 0.0461.